The molecular formula is C29H36N2NaO6S2Se2+. The Bertz CT molecular complexity index is 1770. The van der Waals surface area contributed by atoms with Crippen LogP contribution in [0.25, 0.3) is 15.9 Å². The number of aromatic nitrogens is 1. The predicted octanol–water partition coefficient (Wildman–Crippen LogP) is 0.120. The molecule has 0 spiro atoms. The Hall–Kier alpha value is -0.751. The Balaban J connectivity index is 0.00000484. The molecule has 0 amide bonds. The summed E-state index contributed by atoms with van der Waals surface area (Å²) in [6, 6.07) is 8.75. The molecule has 4 rings (SSSR count). The van der Waals surface area contributed by atoms with Crippen molar-refractivity contribution < 1.29 is 60.1 Å². The number of fused-ring (bicyclic) bond motifs is 2. The van der Waals surface area contributed by atoms with E-state index >= 15 is 0 Å². The summed E-state index contributed by atoms with van der Waals surface area (Å²) in [7, 11) is -8.33. The quantitative estimate of drug-likeness (QED) is 0.168. The Morgan fingerprint density at radius 3 is 2.26 bits per heavy atom. The first-order valence-corrected chi connectivity index (χ1v) is 20.1. The van der Waals surface area contributed by atoms with Gasteiger partial charge in [-0.2, -0.15) is 0 Å². The van der Waals surface area contributed by atoms with Crippen molar-refractivity contribution >= 4 is 75.7 Å². The van der Waals surface area contributed by atoms with Crippen LogP contribution >= 0.6 is 0 Å². The molecule has 2 heterocycles. The van der Waals surface area contributed by atoms with Gasteiger partial charge in [0, 0.05) is 0 Å². The van der Waals surface area contributed by atoms with Gasteiger partial charge in [0.2, 0.25) is 0 Å². The van der Waals surface area contributed by atoms with Crippen molar-refractivity contribution in [1.29, 1.82) is 0 Å². The number of hydrogen-bond donors (Lipinski definition) is 1. The fraction of sp³-hybridized carbons (Fsp3) is 0.414. The molecule has 0 aliphatic carbocycles. The maximum absolute atomic E-state index is 11.4. The van der Waals surface area contributed by atoms with E-state index in [9.17, 15) is 25.9 Å². The van der Waals surface area contributed by atoms with E-state index in [0.717, 1.165) is 32.4 Å². The number of benzene rings is 2. The fourth-order valence-electron chi connectivity index (χ4n) is 4.75. The van der Waals surface area contributed by atoms with Gasteiger partial charge in [-0.25, -0.2) is 0 Å². The minimum Gasteiger partial charge on any atom is 1.00 e. The number of anilines is 1. The van der Waals surface area contributed by atoms with Gasteiger partial charge >= 0.3 is 286 Å². The average Bonchev–Trinajstić information content (AvgIpc) is 3.34. The number of aryl methyl sites for hydroxylation is 5. The van der Waals surface area contributed by atoms with Crippen molar-refractivity contribution in [1.82, 2.24) is 0 Å². The van der Waals surface area contributed by atoms with Crippen LogP contribution in [0.1, 0.15) is 53.0 Å². The number of nitrogens with zero attached hydrogens (tertiary/aromatic N) is 2. The smallest absolute Gasteiger partial charge is 1.00 e. The summed E-state index contributed by atoms with van der Waals surface area (Å²) in [6.07, 6.45) is 5.77. The van der Waals surface area contributed by atoms with Crippen molar-refractivity contribution in [3.63, 3.8) is 0 Å². The van der Waals surface area contributed by atoms with E-state index in [0.29, 0.717) is 19.5 Å². The molecule has 1 aromatic heterocycles. The molecular weight excluding hydrogens is 717 g/mol. The topological polar surface area (TPSA) is 119 Å². The summed E-state index contributed by atoms with van der Waals surface area (Å²) in [5, 5.41) is 0. The second kappa shape index (κ2) is 14.6. The molecule has 222 valence electrons. The molecule has 0 fully saturated rings. The van der Waals surface area contributed by atoms with Crippen LogP contribution in [-0.4, -0.2) is 73.5 Å². The van der Waals surface area contributed by atoms with Crippen LogP contribution in [0.2, 0.25) is 0 Å². The third kappa shape index (κ3) is 9.14. The van der Waals surface area contributed by atoms with E-state index in [-0.39, 0.29) is 71.2 Å². The first-order chi connectivity index (χ1) is 19.1. The summed E-state index contributed by atoms with van der Waals surface area (Å²) < 4.78 is 72.9. The molecule has 3 aromatic rings. The van der Waals surface area contributed by atoms with Gasteiger partial charge in [0.15, 0.2) is 0 Å². The van der Waals surface area contributed by atoms with Crippen LogP contribution in [0.3, 0.4) is 0 Å². The van der Waals surface area contributed by atoms with Crippen LogP contribution in [0.4, 0.5) is 5.69 Å². The summed E-state index contributed by atoms with van der Waals surface area (Å²) in [6.45, 7) is 11.4. The SMILES string of the molecule is CCC(/C=C1\[Se]c2cc(C)c(C)cc2N1CCCS(=O)(=O)O)=C\c1[se]c2cc(C)c(C)cc2[n+]1CCCS(=O)(=O)[O-].[Na+]. The van der Waals surface area contributed by atoms with Crippen LogP contribution in [0.15, 0.2) is 40.5 Å². The van der Waals surface area contributed by atoms with Gasteiger partial charge in [-0.3, -0.25) is 0 Å². The second-order valence-corrected chi connectivity index (χ2v) is 18.0. The van der Waals surface area contributed by atoms with Crippen molar-refractivity contribution in [2.45, 2.75) is 60.4 Å². The van der Waals surface area contributed by atoms with Crippen molar-refractivity contribution in [3.05, 3.63) is 67.3 Å². The maximum atomic E-state index is 11.4. The monoisotopic (exact) mass is 755 g/mol. The molecule has 13 heteroatoms. The molecule has 0 bridgehead atoms. The fourth-order valence-corrected chi connectivity index (χ4v) is 11.0. The van der Waals surface area contributed by atoms with E-state index in [1.165, 1.54) is 31.0 Å². The molecule has 0 radical (unpaired) electrons. The Morgan fingerprint density at radius 2 is 1.62 bits per heavy atom. The van der Waals surface area contributed by atoms with Gasteiger partial charge in [0.05, 0.1) is 0 Å². The Morgan fingerprint density at radius 1 is 0.976 bits per heavy atom. The van der Waals surface area contributed by atoms with E-state index in [1.807, 2.05) is 0 Å². The van der Waals surface area contributed by atoms with E-state index in [2.05, 4.69) is 80.5 Å². The zero-order valence-electron chi connectivity index (χ0n) is 24.9. The zero-order valence-corrected chi connectivity index (χ0v) is 32.0. The van der Waals surface area contributed by atoms with E-state index in [1.54, 1.807) is 0 Å². The first kappa shape index (κ1) is 35.7. The normalized spacial score (nSPS) is 15.0. The van der Waals surface area contributed by atoms with E-state index < -0.39 is 26.0 Å². The maximum Gasteiger partial charge on any atom is 1.00 e. The van der Waals surface area contributed by atoms with Crippen molar-refractivity contribution in [3.8, 4) is 0 Å². The van der Waals surface area contributed by atoms with Gasteiger partial charge in [-0.1, -0.05) is 0 Å². The van der Waals surface area contributed by atoms with Crippen LogP contribution in [0.5, 0.6) is 0 Å². The number of rotatable bonds is 11. The first-order valence-electron chi connectivity index (χ1n) is 13.5. The zero-order chi connectivity index (χ0) is 30.1. The minimum atomic E-state index is -4.29. The van der Waals surface area contributed by atoms with E-state index in [4.69, 9.17) is 0 Å². The molecule has 0 atom stereocenters. The second-order valence-electron chi connectivity index (χ2n) is 10.5. The van der Waals surface area contributed by atoms with Crippen LogP contribution < -0.4 is 43.5 Å². The largest absolute Gasteiger partial charge is 1.00 e. The molecule has 1 N–H and O–H groups in total. The Kier molecular flexibility index (Phi) is 12.4. The predicted molar refractivity (Wildman–Crippen MR) is 166 cm³/mol. The van der Waals surface area contributed by atoms with Crippen molar-refractivity contribution in [2.24, 2.45) is 0 Å². The molecule has 8 nitrogen and oxygen atoms in total. The van der Waals surface area contributed by atoms with Gasteiger partial charge < -0.3 is 0 Å². The van der Waals surface area contributed by atoms with Crippen LogP contribution in [0, 0.1) is 27.7 Å². The Labute approximate surface area is 284 Å². The number of hydrogen-bond acceptors (Lipinski definition) is 6. The minimum absolute atomic E-state index is 0. The molecule has 1 aliphatic heterocycles. The molecule has 0 unspecified atom stereocenters. The van der Waals surface area contributed by atoms with Gasteiger partial charge in [0.25, 0.3) is 0 Å². The van der Waals surface area contributed by atoms with Gasteiger partial charge in [0.1, 0.15) is 0 Å². The van der Waals surface area contributed by atoms with Crippen molar-refractivity contribution in [2.75, 3.05) is 23.0 Å². The van der Waals surface area contributed by atoms with Crippen LogP contribution in [-0.2, 0) is 26.8 Å². The summed E-state index contributed by atoms with van der Waals surface area (Å²) in [4.78, 5) is 2.19. The third-order valence-electron chi connectivity index (χ3n) is 7.28. The molecule has 2 aromatic carbocycles. The standard InChI is InChI=1S/C29H36N2O6S2Se2.Na/c1-6-23(17-28-30(9-7-11-38(32,33)34)24-13-19(2)21(4)15-26(24)40-28)18-29-31(10-8-12-39(35,36)37)25-14-20(3)22(5)16-27(25)41-29;/h13-18H,6-12H2,1-5H3,(H-,32,33,34,35,36,37);/q;+1. The molecule has 0 saturated carbocycles. The molecule has 0 saturated heterocycles. The average molecular weight is 754 g/mol. The molecule has 1 aliphatic rings. The van der Waals surface area contributed by atoms with Gasteiger partial charge in [-0.15, -0.1) is 0 Å². The summed E-state index contributed by atoms with van der Waals surface area (Å²) >= 11 is 0.0568. The molecule has 42 heavy (non-hydrogen) atoms. The van der Waals surface area contributed by atoms with Gasteiger partial charge in [-0.05, 0) is 0 Å². The third-order valence-corrected chi connectivity index (χ3v) is 13.5. The summed E-state index contributed by atoms with van der Waals surface area (Å²) in [5.74, 6) is -0.678. The number of allylic oxidation sites excluding steroid dienone is 2. The summed E-state index contributed by atoms with van der Waals surface area (Å²) in [5.41, 5.74) is 8.09.